The number of aldehydes is 1. The zero-order chi connectivity index (χ0) is 48.4. The summed E-state index contributed by atoms with van der Waals surface area (Å²) in [4.78, 5) is 125. The number of hydrazine groups is 1. The van der Waals surface area contributed by atoms with Gasteiger partial charge in [-0.1, -0.05) is 36.8 Å². The highest BCUT2D eigenvalue weighted by Crippen LogP contribution is 2.07. The molecule has 25 heteroatoms. The number of carbonyl (C=O) groups is 10. The second-order valence-electron chi connectivity index (χ2n) is 14.6. The van der Waals surface area contributed by atoms with Crippen LogP contribution >= 0.6 is 0 Å². The van der Waals surface area contributed by atoms with Gasteiger partial charge >= 0.3 is 5.97 Å². The normalized spacial score (nSPS) is 15.2. The number of carbonyl (C=O) groups excluding carboxylic acids is 9. The topological polar surface area (TPSA) is 406 Å². The lowest BCUT2D eigenvalue weighted by Gasteiger charge is -2.27. The number of carboxylic acids is 1. The molecule has 0 aliphatic rings. The first-order chi connectivity index (χ1) is 30.3. The fourth-order valence-corrected chi connectivity index (χ4v) is 5.85. The van der Waals surface area contributed by atoms with Crippen LogP contribution < -0.4 is 53.8 Å². The molecular weight excluding hydrogens is 848 g/mol. The zero-order valence-corrected chi connectivity index (χ0v) is 35.8. The van der Waals surface area contributed by atoms with E-state index in [0.717, 1.165) is 12.5 Å². The second kappa shape index (κ2) is 30.2. The van der Waals surface area contributed by atoms with Crippen LogP contribution in [-0.4, -0.2) is 173 Å². The Balaban J connectivity index is 3.14. The van der Waals surface area contributed by atoms with E-state index in [-0.39, 0.29) is 24.5 Å². The predicted octanol–water partition coefficient (Wildman–Crippen LogP) is -6.76. The van der Waals surface area contributed by atoms with Crippen LogP contribution in [0.4, 0.5) is 0 Å². The minimum Gasteiger partial charge on any atom is -0.481 e. The summed E-state index contributed by atoms with van der Waals surface area (Å²) in [5.41, 5.74) is 11.8. The van der Waals surface area contributed by atoms with E-state index in [4.69, 9.17) is 5.73 Å². The molecule has 0 saturated carbocycles. The molecule has 64 heavy (non-hydrogen) atoms. The largest absolute Gasteiger partial charge is 0.481 e. The molecule has 7 amide bonds. The van der Waals surface area contributed by atoms with Gasteiger partial charge in [0.25, 0.3) is 0 Å². The standard InChI is InChI=1S/C39H62N10O15/c1-21(54)25(41-3)11-7-8-14-42-49-28(15-23-9-5-4-6-10-23)36(61)47-29(19-52)37(62)44-26(12-13-32(57)58)34(59)46-30(20-53)38(63)48-33(22(2)55)39(64)45-27(16-31(40)56)35(60)43-24(17-50)18-51/h4-6,9-10,17,22,24-30,33,41-42,49,51-53,55H,7-8,11-16,18-20H2,1-3H3,(H2,40,56)(H,43,60)(H,44,62)(H,45,64)(H,46,59)(H,47,61)(H,48,63)(H,57,58)/t22-,24-,25?,26+,27?,28+,29?,30?,33+/m1/s1. The third kappa shape index (κ3) is 20.9. The average Bonchev–Trinajstić information content (AvgIpc) is 3.25. The summed E-state index contributed by atoms with van der Waals surface area (Å²) in [6.07, 6.45) is -1.64. The number of Topliss-reactive ketones (excluding diaryl/α,β-unsaturated/α-hetero) is 1. The van der Waals surface area contributed by atoms with E-state index in [1.165, 1.54) is 6.92 Å². The van der Waals surface area contributed by atoms with Crippen molar-refractivity contribution in [3.05, 3.63) is 35.9 Å². The lowest BCUT2D eigenvalue weighted by molar-refractivity contribution is -0.139. The molecule has 1 aromatic carbocycles. The van der Waals surface area contributed by atoms with Gasteiger partial charge in [0.1, 0.15) is 54.4 Å². The highest BCUT2D eigenvalue weighted by atomic mass is 16.4. The van der Waals surface area contributed by atoms with Crippen LogP contribution in [0, 0.1) is 0 Å². The molecule has 0 aliphatic heterocycles. The number of nitrogens with two attached hydrogens (primary N) is 1. The maximum Gasteiger partial charge on any atom is 0.303 e. The molecule has 0 spiro atoms. The Bertz CT molecular complexity index is 1720. The van der Waals surface area contributed by atoms with Crippen LogP contribution in [-0.2, 0) is 54.4 Å². The van der Waals surface area contributed by atoms with Crippen molar-refractivity contribution in [2.75, 3.05) is 33.4 Å². The molecule has 0 saturated heterocycles. The van der Waals surface area contributed by atoms with E-state index in [0.29, 0.717) is 25.8 Å². The van der Waals surface area contributed by atoms with Gasteiger partial charge in [-0.3, -0.25) is 48.6 Å². The Morgan fingerprint density at radius 3 is 1.70 bits per heavy atom. The van der Waals surface area contributed by atoms with E-state index in [1.54, 1.807) is 37.4 Å². The summed E-state index contributed by atoms with van der Waals surface area (Å²) in [6.45, 7) is -0.0415. The van der Waals surface area contributed by atoms with Crippen LogP contribution in [0.5, 0.6) is 0 Å². The van der Waals surface area contributed by atoms with Crippen molar-refractivity contribution >= 4 is 59.4 Å². The molecule has 25 nitrogen and oxygen atoms in total. The SMILES string of the molecule is CNC(CCCCNN[C@@H](Cc1ccccc1)C(=O)NC(CO)C(=O)N[C@@H](CCC(=O)O)C(=O)NC(CO)C(=O)N[C@H](C(=O)NC(CC(N)=O)C(=O)N[C@H](C=O)CO)[C@@H](C)O)C(C)=O. The first-order valence-corrected chi connectivity index (χ1v) is 20.3. The van der Waals surface area contributed by atoms with Crippen LogP contribution in [0.15, 0.2) is 30.3 Å². The molecular formula is C39H62N10O15. The smallest absolute Gasteiger partial charge is 0.303 e. The lowest BCUT2D eigenvalue weighted by atomic mass is 10.0. The average molecular weight is 911 g/mol. The number of aliphatic hydroxyl groups is 4. The summed E-state index contributed by atoms with van der Waals surface area (Å²) in [5.74, 6) is -9.32. The van der Waals surface area contributed by atoms with E-state index in [2.05, 4.69) is 48.1 Å². The minimum absolute atomic E-state index is 0.00514. The van der Waals surface area contributed by atoms with Gasteiger partial charge in [0.05, 0.1) is 38.4 Å². The fourth-order valence-electron chi connectivity index (χ4n) is 5.85. The molecule has 358 valence electrons. The van der Waals surface area contributed by atoms with Gasteiger partial charge in [0, 0.05) is 13.0 Å². The van der Waals surface area contributed by atoms with Crippen LogP contribution in [0.2, 0.25) is 0 Å². The number of aliphatic carboxylic acids is 1. The van der Waals surface area contributed by atoms with Crippen molar-refractivity contribution < 1.29 is 73.5 Å². The van der Waals surface area contributed by atoms with Crippen molar-refractivity contribution in [2.45, 2.75) is 113 Å². The van der Waals surface area contributed by atoms with Gasteiger partial charge in [0.15, 0.2) is 0 Å². The van der Waals surface area contributed by atoms with Crippen molar-refractivity contribution in [1.82, 2.24) is 48.1 Å². The number of amides is 7. The summed E-state index contributed by atoms with van der Waals surface area (Å²) in [7, 11) is 1.69. The molecule has 4 unspecified atom stereocenters. The number of primary amides is 1. The number of aliphatic hydroxyl groups excluding tert-OH is 4. The summed E-state index contributed by atoms with van der Waals surface area (Å²) in [6, 6.07) is -2.94. The van der Waals surface area contributed by atoms with Crippen molar-refractivity contribution in [2.24, 2.45) is 5.73 Å². The van der Waals surface area contributed by atoms with Crippen molar-refractivity contribution in [1.29, 1.82) is 0 Å². The van der Waals surface area contributed by atoms with Gasteiger partial charge in [-0.05, 0) is 52.1 Å². The maximum atomic E-state index is 13.5. The number of rotatable bonds is 33. The summed E-state index contributed by atoms with van der Waals surface area (Å²) >= 11 is 0. The Morgan fingerprint density at radius 2 is 1.20 bits per heavy atom. The molecule has 1 rings (SSSR count). The van der Waals surface area contributed by atoms with Gasteiger partial charge in [-0.2, -0.15) is 0 Å². The summed E-state index contributed by atoms with van der Waals surface area (Å²) < 4.78 is 0. The molecule has 1 aromatic rings. The summed E-state index contributed by atoms with van der Waals surface area (Å²) in [5, 5.41) is 64.9. The Labute approximate surface area is 368 Å². The van der Waals surface area contributed by atoms with Gasteiger partial charge in [0.2, 0.25) is 41.4 Å². The molecule has 0 bridgehead atoms. The van der Waals surface area contributed by atoms with Crippen LogP contribution in [0.25, 0.3) is 0 Å². The Kier molecular flexibility index (Phi) is 26.4. The van der Waals surface area contributed by atoms with Crippen molar-refractivity contribution in [3.63, 3.8) is 0 Å². The highest BCUT2D eigenvalue weighted by molar-refractivity contribution is 5.98. The van der Waals surface area contributed by atoms with Crippen molar-refractivity contribution in [3.8, 4) is 0 Å². The monoisotopic (exact) mass is 910 g/mol. The van der Waals surface area contributed by atoms with E-state index < -0.39 is 135 Å². The number of hydrogen-bond acceptors (Lipinski definition) is 17. The number of hydrogen-bond donors (Lipinski definition) is 15. The molecule has 16 N–H and O–H groups in total. The molecule has 0 aromatic heterocycles. The Hall–Kier alpha value is -5.96. The first kappa shape index (κ1) is 56.1. The van der Waals surface area contributed by atoms with Gasteiger partial charge in [-0.15, -0.1) is 0 Å². The minimum atomic E-state index is -1.92. The van der Waals surface area contributed by atoms with Gasteiger partial charge < -0.3 is 73.3 Å². The van der Waals surface area contributed by atoms with Crippen LogP contribution in [0.3, 0.4) is 0 Å². The predicted molar refractivity (Wildman–Crippen MR) is 224 cm³/mol. The fraction of sp³-hybridized carbons (Fsp3) is 0.590. The van der Waals surface area contributed by atoms with E-state index in [1.807, 2.05) is 0 Å². The number of benzene rings is 1. The lowest BCUT2D eigenvalue weighted by Crippen LogP contribution is -2.62. The molecule has 0 aliphatic carbocycles. The number of nitrogens with one attached hydrogen (secondary N) is 9. The number of likely N-dealkylation sites (N-methyl/N-ethyl adjacent to an activating group) is 1. The number of unbranched alkanes of at least 4 members (excludes halogenated alkanes) is 1. The van der Waals surface area contributed by atoms with E-state index >= 15 is 0 Å². The molecule has 0 radical (unpaired) electrons. The quantitative estimate of drug-likeness (QED) is 0.0177. The third-order valence-corrected chi connectivity index (χ3v) is 9.46. The second-order valence-corrected chi connectivity index (χ2v) is 14.6. The zero-order valence-electron chi connectivity index (χ0n) is 35.8. The number of ketones is 1. The van der Waals surface area contributed by atoms with E-state index in [9.17, 15) is 73.5 Å². The first-order valence-electron chi connectivity index (χ1n) is 20.3. The molecule has 0 fully saturated rings. The molecule has 0 heterocycles. The molecule has 9 atom stereocenters. The van der Waals surface area contributed by atoms with Crippen LogP contribution in [0.1, 0.15) is 57.9 Å². The number of carboxylic acid groups (broad SMARTS) is 1. The highest BCUT2D eigenvalue weighted by Gasteiger charge is 2.35. The third-order valence-electron chi connectivity index (χ3n) is 9.46. The Morgan fingerprint density at radius 1 is 0.672 bits per heavy atom. The van der Waals surface area contributed by atoms with Gasteiger partial charge in [-0.25, -0.2) is 5.43 Å². The maximum absolute atomic E-state index is 13.5.